The van der Waals surface area contributed by atoms with E-state index in [9.17, 15) is 0 Å². The lowest BCUT2D eigenvalue weighted by Crippen LogP contribution is -1.81. The summed E-state index contributed by atoms with van der Waals surface area (Å²) in [4.78, 5) is 0. The SMILES string of the molecule is C=C(Cl)CCCCCCCCCCCC. The predicted molar refractivity (Wildman–Crippen MR) is 71.5 cm³/mol. The van der Waals surface area contributed by atoms with Crippen LogP contribution in [0.15, 0.2) is 11.6 Å². The summed E-state index contributed by atoms with van der Waals surface area (Å²) in [6, 6.07) is 0. The van der Waals surface area contributed by atoms with Crippen molar-refractivity contribution in [2.45, 2.75) is 77.6 Å². The summed E-state index contributed by atoms with van der Waals surface area (Å²) in [5.41, 5.74) is 0. The van der Waals surface area contributed by atoms with Crippen LogP contribution in [0, 0.1) is 0 Å². The molecule has 0 bridgehead atoms. The van der Waals surface area contributed by atoms with Crippen LogP contribution < -0.4 is 0 Å². The van der Waals surface area contributed by atoms with Crippen LogP contribution in [-0.4, -0.2) is 0 Å². The summed E-state index contributed by atoms with van der Waals surface area (Å²) in [5.74, 6) is 0. The Balaban J connectivity index is 2.89. The van der Waals surface area contributed by atoms with Gasteiger partial charge in [0.05, 0.1) is 0 Å². The summed E-state index contributed by atoms with van der Waals surface area (Å²) in [6.07, 6.45) is 14.8. The standard InChI is InChI=1S/C14H27Cl/c1-3-4-5-6-7-8-9-10-11-12-13-14(2)15/h2-13H2,1H3. The van der Waals surface area contributed by atoms with Gasteiger partial charge in [0.25, 0.3) is 0 Å². The maximum Gasteiger partial charge on any atom is 0.0109 e. The molecule has 0 saturated heterocycles. The molecule has 0 aromatic heterocycles. The largest absolute Gasteiger partial charge is 0.0898 e. The van der Waals surface area contributed by atoms with Crippen LogP contribution in [0.1, 0.15) is 77.6 Å². The molecule has 0 atom stereocenters. The van der Waals surface area contributed by atoms with Gasteiger partial charge in [0.1, 0.15) is 0 Å². The smallest absolute Gasteiger partial charge is 0.0109 e. The molecule has 0 unspecified atom stereocenters. The summed E-state index contributed by atoms with van der Waals surface area (Å²) < 4.78 is 0. The van der Waals surface area contributed by atoms with Crippen molar-refractivity contribution in [3.8, 4) is 0 Å². The Labute approximate surface area is 101 Å². The summed E-state index contributed by atoms with van der Waals surface area (Å²) in [5, 5.41) is 0.814. The lowest BCUT2D eigenvalue weighted by Gasteiger charge is -2.01. The second-order valence-corrected chi connectivity index (χ2v) is 4.98. The molecule has 0 rings (SSSR count). The van der Waals surface area contributed by atoms with Crippen molar-refractivity contribution < 1.29 is 0 Å². The van der Waals surface area contributed by atoms with Crippen LogP contribution in [0.5, 0.6) is 0 Å². The molecule has 0 N–H and O–H groups in total. The van der Waals surface area contributed by atoms with Crippen LogP contribution in [-0.2, 0) is 0 Å². The van der Waals surface area contributed by atoms with Crippen LogP contribution >= 0.6 is 11.6 Å². The molecule has 0 nitrogen and oxygen atoms in total. The third-order valence-electron chi connectivity index (χ3n) is 2.80. The van der Waals surface area contributed by atoms with Gasteiger partial charge in [-0.1, -0.05) is 82.9 Å². The van der Waals surface area contributed by atoms with Crippen LogP contribution in [0.2, 0.25) is 0 Å². The van der Waals surface area contributed by atoms with Gasteiger partial charge in [0.2, 0.25) is 0 Å². The van der Waals surface area contributed by atoms with Gasteiger partial charge in [-0.2, -0.15) is 0 Å². The molecular formula is C14H27Cl. The third-order valence-corrected chi connectivity index (χ3v) is 2.99. The lowest BCUT2D eigenvalue weighted by atomic mass is 10.1. The van der Waals surface area contributed by atoms with E-state index in [4.69, 9.17) is 11.6 Å². The number of unbranched alkanes of at least 4 members (excludes halogenated alkanes) is 9. The van der Waals surface area contributed by atoms with Gasteiger partial charge in [-0.3, -0.25) is 0 Å². The van der Waals surface area contributed by atoms with Crippen molar-refractivity contribution in [2.75, 3.05) is 0 Å². The second-order valence-electron chi connectivity index (χ2n) is 4.45. The van der Waals surface area contributed by atoms with Crippen LogP contribution in [0.3, 0.4) is 0 Å². The Bertz CT molecular complexity index is 140. The maximum absolute atomic E-state index is 5.69. The summed E-state index contributed by atoms with van der Waals surface area (Å²) in [7, 11) is 0. The minimum atomic E-state index is 0.814. The van der Waals surface area contributed by atoms with E-state index in [1.54, 1.807) is 0 Å². The molecule has 0 heterocycles. The predicted octanol–water partition coefficient (Wildman–Crippen LogP) is 6.05. The monoisotopic (exact) mass is 230 g/mol. The van der Waals surface area contributed by atoms with Gasteiger partial charge < -0.3 is 0 Å². The van der Waals surface area contributed by atoms with E-state index in [1.165, 1.54) is 64.2 Å². The third kappa shape index (κ3) is 14.0. The lowest BCUT2D eigenvalue weighted by molar-refractivity contribution is 0.557. The van der Waals surface area contributed by atoms with Gasteiger partial charge in [-0.25, -0.2) is 0 Å². The van der Waals surface area contributed by atoms with E-state index in [0.29, 0.717) is 0 Å². The van der Waals surface area contributed by atoms with Gasteiger partial charge in [-0.15, -0.1) is 0 Å². The highest BCUT2D eigenvalue weighted by atomic mass is 35.5. The maximum atomic E-state index is 5.69. The molecule has 0 radical (unpaired) electrons. The topological polar surface area (TPSA) is 0 Å². The Morgan fingerprint density at radius 3 is 1.60 bits per heavy atom. The Hall–Kier alpha value is 0.0300. The van der Waals surface area contributed by atoms with Crippen LogP contribution in [0.25, 0.3) is 0 Å². The minimum absolute atomic E-state index is 0.814. The summed E-state index contributed by atoms with van der Waals surface area (Å²) >= 11 is 5.69. The highest BCUT2D eigenvalue weighted by molar-refractivity contribution is 6.29. The number of allylic oxidation sites excluding steroid dienone is 1. The van der Waals surface area contributed by atoms with Crippen molar-refractivity contribution in [3.63, 3.8) is 0 Å². The van der Waals surface area contributed by atoms with Crippen molar-refractivity contribution in [1.29, 1.82) is 0 Å². The van der Waals surface area contributed by atoms with Gasteiger partial charge in [-0.05, 0) is 12.8 Å². The van der Waals surface area contributed by atoms with Crippen molar-refractivity contribution >= 4 is 11.6 Å². The normalized spacial score (nSPS) is 10.5. The Kier molecular flexibility index (Phi) is 12.1. The van der Waals surface area contributed by atoms with Crippen molar-refractivity contribution in [3.05, 3.63) is 11.6 Å². The van der Waals surface area contributed by atoms with Gasteiger partial charge >= 0.3 is 0 Å². The zero-order valence-electron chi connectivity index (χ0n) is 10.4. The van der Waals surface area contributed by atoms with Crippen LogP contribution in [0.4, 0.5) is 0 Å². The van der Waals surface area contributed by atoms with Crippen molar-refractivity contribution in [1.82, 2.24) is 0 Å². The van der Waals surface area contributed by atoms with E-state index >= 15 is 0 Å². The molecule has 90 valence electrons. The molecule has 0 aliphatic rings. The first kappa shape index (κ1) is 15.0. The number of hydrogen-bond donors (Lipinski definition) is 0. The zero-order chi connectivity index (χ0) is 11.4. The molecule has 15 heavy (non-hydrogen) atoms. The molecule has 0 aromatic rings. The molecule has 0 saturated carbocycles. The Morgan fingerprint density at radius 2 is 1.20 bits per heavy atom. The number of halogens is 1. The summed E-state index contributed by atoms with van der Waals surface area (Å²) in [6.45, 7) is 5.96. The molecule has 0 fully saturated rings. The average molecular weight is 231 g/mol. The van der Waals surface area contributed by atoms with E-state index in [1.807, 2.05) is 0 Å². The molecule has 0 aliphatic carbocycles. The fourth-order valence-electron chi connectivity index (χ4n) is 1.80. The molecule has 0 spiro atoms. The van der Waals surface area contributed by atoms with Crippen molar-refractivity contribution in [2.24, 2.45) is 0 Å². The average Bonchev–Trinajstić information content (AvgIpc) is 2.20. The molecule has 1 heteroatoms. The van der Waals surface area contributed by atoms with E-state index < -0.39 is 0 Å². The van der Waals surface area contributed by atoms with Gasteiger partial charge in [0.15, 0.2) is 0 Å². The fourth-order valence-corrected chi connectivity index (χ4v) is 1.94. The Morgan fingerprint density at radius 1 is 0.800 bits per heavy atom. The second kappa shape index (κ2) is 12.1. The zero-order valence-corrected chi connectivity index (χ0v) is 11.1. The van der Waals surface area contributed by atoms with E-state index in [-0.39, 0.29) is 0 Å². The minimum Gasteiger partial charge on any atom is -0.0898 e. The molecule has 0 aromatic carbocycles. The van der Waals surface area contributed by atoms with E-state index in [0.717, 1.165) is 11.5 Å². The highest BCUT2D eigenvalue weighted by Crippen LogP contribution is 2.14. The molecule has 0 aliphatic heterocycles. The van der Waals surface area contributed by atoms with E-state index in [2.05, 4.69) is 13.5 Å². The number of rotatable bonds is 11. The molecular weight excluding hydrogens is 204 g/mol. The molecule has 0 amide bonds. The number of hydrogen-bond acceptors (Lipinski definition) is 0. The quantitative estimate of drug-likeness (QED) is 0.379. The fraction of sp³-hybridized carbons (Fsp3) is 0.857. The van der Waals surface area contributed by atoms with Gasteiger partial charge in [0, 0.05) is 5.03 Å². The first-order valence-corrected chi connectivity index (χ1v) is 6.98. The highest BCUT2D eigenvalue weighted by Gasteiger charge is 1.93. The first-order chi connectivity index (χ1) is 7.27. The first-order valence-electron chi connectivity index (χ1n) is 6.60.